The average molecular weight is 121 g/mol. The third kappa shape index (κ3) is 0.617. The van der Waals surface area contributed by atoms with Crippen LogP contribution >= 0.6 is 0 Å². The predicted octanol–water partition coefficient (Wildman–Crippen LogP) is 2.17. The van der Waals surface area contributed by atoms with Crippen molar-refractivity contribution in [3.8, 4) is 0 Å². The van der Waals surface area contributed by atoms with Crippen LogP contribution in [0.1, 0.15) is 5.48 Å². The van der Waals surface area contributed by atoms with Gasteiger partial charge in [-0.3, -0.25) is 0 Å². The first kappa shape index (κ1) is 2.18. The zero-order chi connectivity index (χ0) is 9.59. The molecule has 0 saturated heterocycles. The Morgan fingerprint density at radius 3 is 3.44 bits per heavy atom. The van der Waals surface area contributed by atoms with E-state index in [0.717, 1.165) is 0 Å². The van der Waals surface area contributed by atoms with Crippen molar-refractivity contribution in [3.05, 3.63) is 36.4 Å². The number of H-pyrrole nitrogens is 1. The van der Waals surface area contributed by atoms with Gasteiger partial charge in [-0.15, -0.1) is 0 Å². The molecule has 1 heteroatoms. The summed E-state index contributed by atoms with van der Waals surface area (Å²) in [5.74, 6) is 0. The monoisotopic (exact) mass is 121 g/mol. The highest BCUT2D eigenvalue weighted by molar-refractivity contribution is 5.78. The molecule has 0 aliphatic rings. The van der Waals surface area contributed by atoms with E-state index in [2.05, 4.69) is 4.98 Å². The molecule has 0 atom stereocenters. The van der Waals surface area contributed by atoms with E-state index < -0.39 is 0 Å². The van der Waals surface area contributed by atoms with Gasteiger partial charge in [-0.2, -0.15) is 0 Å². The number of benzene rings is 1. The smallest absolute Gasteiger partial charge is 0.0816 e. The van der Waals surface area contributed by atoms with E-state index in [9.17, 15) is 0 Å². The van der Waals surface area contributed by atoms with Gasteiger partial charge < -0.3 is 4.98 Å². The van der Waals surface area contributed by atoms with Crippen molar-refractivity contribution in [1.29, 1.82) is 0 Å². The Balaban J connectivity index is 2.97. The van der Waals surface area contributed by atoms with Crippen LogP contribution in [-0.4, -0.2) is 4.98 Å². The summed E-state index contributed by atoms with van der Waals surface area (Å²) in [7, 11) is 0. The highest BCUT2D eigenvalue weighted by atomic mass is 14.6. The quantitative estimate of drug-likeness (QED) is 0.549. The van der Waals surface area contributed by atoms with Gasteiger partial charge in [0, 0.05) is 11.7 Å². The lowest BCUT2D eigenvalue weighted by Gasteiger charge is -1.83. The van der Waals surface area contributed by atoms with Gasteiger partial charge in [-0.25, -0.2) is 0 Å². The summed E-state index contributed by atoms with van der Waals surface area (Å²) in [6, 6.07) is 3.19. The maximum Gasteiger partial charge on any atom is 0.0816 e. The first-order valence-corrected chi connectivity index (χ1v) is 2.66. The van der Waals surface area contributed by atoms with Crippen LogP contribution in [0.25, 0.3) is 10.9 Å². The van der Waals surface area contributed by atoms with Crippen LogP contribution in [0.5, 0.6) is 0 Å². The number of para-hydroxylation sites is 1. The van der Waals surface area contributed by atoms with Gasteiger partial charge in [-0.05, 0) is 17.5 Å². The zero-order valence-corrected chi connectivity index (χ0v) is 4.65. The minimum Gasteiger partial charge on any atom is -0.361 e. The van der Waals surface area contributed by atoms with E-state index in [1.165, 1.54) is 6.07 Å². The molecule has 2 aromatic rings. The molecular formula is C8H7N. The minimum absolute atomic E-state index is 0.00546. The average Bonchev–Trinajstić information content (AvgIpc) is 2.37. The van der Waals surface area contributed by atoms with Gasteiger partial charge in [0.25, 0.3) is 0 Å². The minimum atomic E-state index is -0.00546. The fraction of sp³-hybridized carbons (Fsp3) is 0. The number of rotatable bonds is 0. The number of aromatic amines is 1. The van der Waals surface area contributed by atoms with Crippen molar-refractivity contribution < 1.29 is 5.48 Å². The molecule has 1 N–H and O–H groups in total. The molecule has 0 fully saturated rings. The fourth-order valence-electron chi connectivity index (χ4n) is 0.753. The lowest BCUT2D eigenvalue weighted by Crippen LogP contribution is -1.61. The third-order valence-corrected chi connectivity index (χ3v) is 1.18. The van der Waals surface area contributed by atoms with E-state index in [0.29, 0.717) is 10.9 Å². The van der Waals surface area contributed by atoms with Crippen LogP contribution in [0, 0.1) is 0 Å². The Morgan fingerprint density at radius 2 is 2.44 bits per heavy atom. The van der Waals surface area contributed by atoms with Gasteiger partial charge in [0.2, 0.25) is 0 Å². The van der Waals surface area contributed by atoms with E-state index >= 15 is 0 Å². The number of fused-ring (bicyclic) bond motifs is 1. The lowest BCUT2D eigenvalue weighted by molar-refractivity contribution is 1.48. The molecule has 0 aliphatic heterocycles. The molecule has 0 radical (unpaired) electrons. The van der Waals surface area contributed by atoms with Gasteiger partial charge in [0.1, 0.15) is 0 Å². The zero-order valence-electron chi connectivity index (χ0n) is 8.65. The van der Waals surface area contributed by atoms with Gasteiger partial charge >= 0.3 is 0 Å². The van der Waals surface area contributed by atoms with Crippen LogP contribution < -0.4 is 0 Å². The van der Waals surface area contributed by atoms with Crippen molar-refractivity contribution in [2.75, 3.05) is 0 Å². The van der Waals surface area contributed by atoms with E-state index in [1.807, 2.05) is 0 Å². The summed E-state index contributed by atoms with van der Waals surface area (Å²) in [5, 5.41) is 0.359. The van der Waals surface area contributed by atoms with Gasteiger partial charge in [0.05, 0.1) is 5.48 Å². The molecule has 0 bridgehead atoms. The maximum absolute atomic E-state index is 7.53. The van der Waals surface area contributed by atoms with Crippen LogP contribution in [-0.2, 0) is 0 Å². The SMILES string of the molecule is [2H]c1ccc2[nH]c([2H])c([2H])c2c1[2H]. The topological polar surface area (TPSA) is 15.8 Å². The number of hydrogen-bond acceptors (Lipinski definition) is 0. The Hall–Kier alpha value is -1.24. The first-order chi connectivity index (χ1) is 6.11. The molecular weight excluding hydrogens is 110 g/mol. The summed E-state index contributed by atoms with van der Waals surface area (Å²) >= 11 is 0. The fourth-order valence-corrected chi connectivity index (χ4v) is 0.753. The van der Waals surface area contributed by atoms with Crippen molar-refractivity contribution >= 4 is 10.9 Å². The second-order valence-electron chi connectivity index (χ2n) is 1.77. The Labute approximate surface area is 58.9 Å². The number of aromatic nitrogens is 1. The molecule has 1 heterocycles. The van der Waals surface area contributed by atoms with Gasteiger partial charge in [0.15, 0.2) is 0 Å². The van der Waals surface area contributed by atoms with Gasteiger partial charge in [-0.1, -0.05) is 18.2 Å². The molecule has 0 amide bonds. The largest absolute Gasteiger partial charge is 0.361 e. The highest BCUT2D eigenvalue weighted by Gasteiger charge is 1.86. The van der Waals surface area contributed by atoms with Crippen molar-refractivity contribution in [3.63, 3.8) is 0 Å². The predicted molar refractivity (Wildman–Crippen MR) is 38.3 cm³/mol. The maximum atomic E-state index is 7.53. The second-order valence-corrected chi connectivity index (χ2v) is 1.77. The lowest BCUT2D eigenvalue weighted by atomic mass is 10.3. The van der Waals surface area contributed by atoms with Crippen LogP contribution in [0.3, 0.4) is 0 Å². The summed E-state index contributed by atoms with van der Waals surface area (Å²) in [6.07, 6.45) is -0.00546. The molecule has 1 aromatic heterocycles. The van der Waals surface area contributed by atoms with Crippen LogP contribution in [0.2, 0.25) is 0 Å². The molecule has 0 saturated carbocycles. The van der Waals surface area contributed by atoms with Crippen molar-refractivity contribution in [1.82, 2.24) is 4.98 Å². The summed E-state index contributed by atoms with van der Waals surface area (Å²) in [6.45, 7) is 0. The standard InChI is InChI=1S/C8H7N/c1-2-4-8-7(3-1)5-6-9-8/h1-6,9H/i1D,3D,5D,6D. The van der Waals surface area contributed by atoms with Crippen LogP contribution in [0.15, 0.2) is 36.4 Å². The number of nitrogens with one attached hydrogen (secondary N) is 1. The number of hydrogen-bond donors (Lipinski definition) is 1. The summed E-state index contributed by atoms with van der Waals surface area (Å²) in [5.41, 5.74) is 0.580. The molecule has 9 heavy (non-hydrogen) atoms. The van der Waals surface area contributed by atoms with E-state index in [1.54, 1.807) is 6.07 Å². The second kappa shape index (κ2) is 1.62. The van der Waals surface area contributed by atoms with Crippen molar-refractivity contribution in [2.24, 2.45) is 0 Å². The summed E-state index contributed by atoms with van der Waals surface area (Å²) < 4.78 is 29.7. The normalized spacial score (nSPS) is 16.4. The Kier molecular flexibility index (Phi) is 0.392. The molecule has 0 aliphatic carbocycles. The Bertz CT molecular complexity index is 474. The molecule has 1 nitrogen and oxygen atoms in total. The molecule has 0 unspecified atom stereocenters. The van der Waals surface area contributed by atoms with Crippen LogP contribution in [0.4, 0.5) is 0 Å². The molecule has 2 rings (SSSR count). The third-order valence-electron chi connectivity index (χ3n) is 1.18. The molecule has 0 spiro atoms. The molecule has 1 aromatic carbocycles. The first-order valence-electron chi connectivity index (χ1n) is 4.66. The van der Waals surface area contributed by atoms with Crippen molar-refractivity contribution in [2.45, 2.75) is 0 Å². The van der Waals surface area contributed by atoms with E-state index in [4.69, 9.17) is 5.48 Å². The summed E-state index contributed by atoms with van der Waals surface area (Å²) in [4.78, 5) is 2.67. The molecule has 44 valence electrons. The highest BCUT2D eigenvalue weighted by Crippen LogP contribution is 2.09. The Morgan fingerprint density at radius 1 is 1.44 bits per heavy atom. The van der Waals surface area contributed by atoms with E-state index in [-0.39, 0.29) is 24.3 Å².